The number of methoxy groups -OCH3 is 1. The van der Waals surface area contributed by atoms with Crippen LogP contribution in [0.3, 0.4) is 0 Å². The van der Waals surface area contributed by atoms with Crippen molar-refractivity contribution in [2.24, 2.45) is 0 Å². The first-order chi connectivity index (χ1) is 8.68. The van der Waals surface area contributed by atoms with Gasteiger partial charge in [-0.3, -0.25) is 4.79 Å². The zero-order valence-electron chi connectivity index (χ0n) is 11.3. The Hall–Kier alpha value is -0.620. The highest BCUT2D eigenvalue weighted by molar-refractivity contribution is 7.09. The van der Waals surface area contributed by atoms with Crippen LogP contribution in [0.15, 0.2) is 17.5 Å². The predicted octanol–water partition coefficient (Wildman–Crippen LogP) is 1.90. The first-order valence-corrected chi connectivity index (χ1v) is 7.10. The molecule has 0 bridgehead atoms. The highest BCUT2D eigenvalue weighted by Gasteiger charge is 2.41. The van der Waals surface area contributed by atoms with Crippen molar-refractivity contribution >= 4 is 29.7 Å². The standard InChI is InChI=1S/C13H20N2O2S.ClH/c1-15(10-11-4-3-9-18-11)12(16)13(17-2)5-7-14-8-6-13;/h3-4,9,14H,5-8,10H2,1-2H3;1H. The molecule has 0 saturated carbocycles. The lowest BCUT2D eigenvalue weighted by Gasteiger charge is -2.37. The lowest BCUT2D eigenvalue weighted by molar-refractivity contribution is -0.157. The molecule has 108 valence electrons. The van der Waals surface area contributed by atoms with Crippen LogP contribution in [-0.4, -0.2) is 43.7 Å². The lowest BCUT2D eigenvalue weighted by Crippen LogP contribution is -2.54. The zero-order valence-corrected chi connectivity index (χ0v) is 13.0. The highest BCUT2D eigenvalue weighted by Crippen LogP contribution is 2.25. The Kier molecular flexibility index (Phi) is 6.26. The number of thiophene rings is 1. The highest BCUT2D eigenvalue weighted by atomic mass is 35.5. The summed E-state index contributed by atoms with van der Waals surface area (Å²) < 4.78 is 5.55. The van der Waals surface area contributed by atoms with Gasteiger partial charge in [0.25, 0.3) is 5.91 Å². The van der Waals surface area contributed by atoms with E-state index in [1.807, 2.05) is 18.5 Å². The SMILES string of the molecule is COC1(C(=O)N(C)Cc2cccs2)CCNCC1.Cl. The van der Waals surface area contributed by atoms with Crippen molar-refractivity contribution in [3.05, 3.63) is 22.4 Å². The minimum atomic E-state index is -0.628. The van der Waals surface area contributed by atoms with E-state index in [1.165, 1.54) is 4.88 Å². The molecule has 1 aliphatic heterocycles. The molecule has 1 aromatic rings. The number of piperidine rings is 1. The van der Waals surface area contributed by atoms with Crippen molar-refractivity contribution in [3.8, 4) is 0 Å². The number of nitrogens with zero attached hydrogens (tertiary/aromatic N) is 1. The number of nitrogens with one attached hydrogen (secondary N) is 1. The van der Waals surface area contributed by atoms with Gasteiger partial charge in [0.1, 0.15) is 5.60 Å². The van der Waals surface area contributed by atoms with Crippen LogP contribution < -0.4 is 5.32 Å². The fourth-order valence-corrected chi connectivity index (χ4v) is 3.15. The molecule has 0 spiro atoms. The molecule has 0 aromatic carbocycles. The fraction of sp³-hybridized carbons (Fsp3) is 0.615. The van der Waals surface area contributed by atoms with Crippen molar-refractivity contribution < 1.29 is 9.53 Å². The van der Waals surface area contributed by atoms with Gasteiger partial charge in [0.15, 0.2) is 0 Å². The average molecular weight is 305 g/mol. The van der Waals surface area contributed by atoms with Crippen LogP contribution in [0.1, 0.15) is 17.7 Å². The second kappa shape index (κ2) is 7.24. The van der Waals surface area contributed by atoms with Crippen molar-refractivity contribution in [2.45, 2.75) is 25.0 Å². The largest absolute Gasteiger partial charge is 0.368 e. The van der Waals surface area contributed by atoms with Gasteiger partial charge < -0.3 is 15.0 Å². The topological polar surface area (TPSA) is 41.6 Å². The van der Waals surface area contributed by atoms with Crippen LogP contribution >= 0.6 is 23.7 Å². The fourth-order valence-electron chi connectivity index (χ4n) is 2.39. The summed E-state index contributed by atoms with van der Waals surface area (Å²) in [6.07, 6.45) is 1.49. The Morgan fingerprint density at radius 2 is 2.21 bits per heavy atom. The quantitative estimate of drug-likeness (QED) is 0.924. The Morgan fingerprint density at radius 1 is 1.53 bits per heavy atom. The van der Waals surface area contributed by atoms with Crippen molar-refractivity contribution in [1.29, 1.82) is 0 Å². The number of rotatable bonds is 4. The molecule has 0 atom stereocenters. The van der Waals surface area contributed by atoms with E-state index in [-0.39, 0.29) is 18.3 Å². The van der Waals surface area contributed by atoms with Gasteiger partial charge >= 0.3 is 0 Å². The van der Waals surface area contributed by atoms with Crippen molar-refractivity contribution in [1.82, 2.24) is 10.2 Å². The van der Waals surface area contributed by atoms with Crippen LogP contribution in [0, 0.1) is 0 Å². The molecule has 1 fully saturated rings. The third-order valence-corrected chi connectivity index (χ3v) is 4.37. The van der Waals surface area contributed by atoms with Gasteiger partial charge in [0, 0.05) is 19.0 Å². The Balaban J connectivity index is 0.00000180. The van der Waals surface area contributed by atoms with E-state index in [0.29, 0.717) is 6.54 Å². The van der Waals surface area contributed by atoms with Gasteiger partial charge in [0.05, 0.1) is 6.54 Å². The molecule has 1 amide bonds. The molecular formula is C13H21ClN2O2S. The van der Waals surface area contributed by atoms with Crippen LogP contribution in [0.4, 0.5) is 0 Å². The number of hydrogen-bond acceptors (Lipinski definition) is 4. The third kappa shape index (κ3) is 3.69. The molecule has 1 aliphatic rings. The van der Waals surface area contributed by atoms with E-state index in [4.69, 9.17) is 4.74 Å². The minimum Gasteiger partial charge on any atom is -0.368 e. The lowest BCUT2D eigenvalue weighted by atomic mass is 9.90. The molecular weight excluding hydrogens is 284 g/mol. The first-order valence-electron chi connectivity index (χ1n) is 6.22. The molecule has 0 unspecified atom stereocenters. The zero-order chi connectivity index (χ0) is 13.0. The van der Waals surface area contributed by atoms with Gasteiger partial charge in [-0.25, -0.2) is 0 Å². The molecule has 1 saturated heterocycles. The molecule has 1 N–H and O–H groups in total. The van der Waals surface area contributed by atoms with E-state index in [9.17, 15) is 4.79 Å². The summed E-state index contributed by atoms with van der Waals surface area (Å²) in [5, 5.41) is 5.30. The van der Waals surface area contributed by atoms with Crippen molar-refractivity contribution in [3.63, 3.8) is 0 Å². The molecule has 1 aromatic heterocycles. The Morgan fingerprint density at radius 3 is 2.74 bits per heavy atom. The Labute approximate surface area is 124 Å². The van der Waals surface area contributed by atoms with E-state index in [2.05, 4.69) is 11.4 Å². The van der Waals surface area contributed by atoms with Gasteiger partial charge in [-0.05, 0) is 37.4 Å². The van der Waals surface area contributed by atoms with Crippen molar-refractivity contribution in [2.75, 3.05) is 27.2 Å². The van der Waals surface area contributed by atoms with E-state index >= 15 is 0 Å². The second-order valence-electron chi connectivity index (χ2n) is 4.69. The van der Waals surface area contributed by atoms with Gasteiger partial charge in [-0.15, -0.1) is 23.7 Å². The summed E-state index contributed by atoms with van der Waals surface area (Å²) in [6.45, 7) is 2.34. The number of amides is 1. The van der Waals surface area contributed by atoms with Gasteiger partial charge in [-0.1, -0.05) is 6.07 Å². The number of carbonyl (C=O) groups excluding carboxylic acids is 1. The van der Waals surface area contributed by atoms with Crippen LogP contribution in [0.25, 0.3) is 0 Å². The average Bonchev–Trinajstić information content (AvgIpc) is 2.91. The van der Waals surface area contributed by atoms with Gasteiger partial charge in [-0.2, -0.15) is 0 Å². The van der Waals surface area contributed by atoms with Crippen LogP contribution in [-0.2, 0) is 16.1 Å². The Bertz CT molecular complexity index is 391. The third-order valence-electron chi connectivity index (χ3n) is 3.51. The number of carbonyl (C=O) groups is 1. The molecule has 4 nitrogen and oxygen atoms in total. The van der Waals surface area contributed by atoms with Crippen LogP contribution in [0.2, 0.25) is 0 Å². The number of hydrogen-bond donors (Lipinski definition) is 1. The maximum Gasteiger partial charge on any atom is 0.254 e. The van der Waals surface area contributed by atoms with Crippen LogP contribution in [0.5, 0.6) is 0 Å². The molecule has 19 heavy (non-hydrogen) atoms. The molecule has 2 rings (SSSR count). The minimum absolute atomic E-state index is 0. The number of ether oxygens (including phenoxy) is 1. The smallest absolute Gasteiger partial charge is 0.254 e. The monoisotopic (exact) mass is 304 g/mol. The van der Waals surface area contributed by atoms with E-state index < -0.39 is 5.60 Å². The first kappa shape index (κ1) is 16.4. The summed E-state index contributed by atoms with van der Waals surface area (Å²) in [6, 6.07) is 4.06. The normalized spacial score (nSPS) is 17.6. The van der Waals surface area contributed by atoms with Gasteiger partial charge in [0.2, 0.25) is 0 Å². The van der Waals surface area contributed by atoms with E-state index in [0.717, 1.165) is 25.9 Å². The maximum atomic E-state index is 12.6. The summed E-state index contributed by atoms with van der Waals surface area (Å²) in [7, 11) is 3.49. The summed E-state index contributed by atoms with van der Waals surface area (Å²) in [4.78, 5) is 15.5. The molecule has 0 radical (unpaired) electrons. The predicted molar refractivity (Wildman–Crippen MR) is 79.9 cm³/mol. The summed E-state index contributed by atoms with van der Waals surface area (Å²) in [5.41, 5.74) is -0.628. The number of halogens is 1. The molecule has 0 aliphatic carbocycles. The maximum absolute atomic E-state index is 12.6. The second-order valence-corrected chi connectivity index (χ2v) is 5.72. The summed E-state index contributed by atoms with van der Waals surface area (Å²) in [5.74, 6) is 0.0971. The van der Waals surface area contributed by atoms with E-state index in [1.54, 1.807) is 23.3 Å². The summed E-state index contributed by atoms with van der Waals surface area (Å²) >= 11 is 1.67. The molecule has 6 heteroatoms. The number of likely N-dealkylation sites (N-methyl/N-ethyl adjacent to an activating group) is 1. The molecule has 2 heterocycles.